The van der Waals surface area contributed by atoms with E-state index in [1.807, 2.05) is 0 Å². The van der Waals surface area contributed by atoms with Crippen LogP contribution in [0.25, 0.3) is 0 Å². The Balaban J connectivity index is 2.89. The Morgan fingerprint density at radius 3 is 2.76 bits per heavy atom. The van der Waals surface area contributed by atoms with Crippen LogP contribution in [0.5, 0.6) is 0 Å². The monoisotopic (exact) mass is 319 g/mol. The number of carbonyl (C=O) groups excluding carboxylic acids is 1. The number of anilines is 1. The number of rotatable bonds is 2. The van der Waals surface area contributed by atoms with Gasteiger partial charge in [0, 0.05) is 5.33 Å². The van der Waals surface area contributed by atoms with Gasteiger partial charge in [-0.25, -0.2) is 19.1 Å². The molecule has 0 unspecified atom stereocenters. The molecule has 1 aromatic heterocycles. The molecular formula is C10H14BrN3O2S. The number of carbonyl (C=O) groups is 1. The molecule has 1 heterocycles. The number of halogens is 1. The largest absolute Gasteiger partial charge is 0.443 e. The minimum atomic E-state index is -0.567. The second kappa shape index (κ2) is 5.68. The number of amides is 1. The molecule has 1 amide bonds. The summed E-state index contributed by atoms with van der Waals surface area (Å²) >= 11 is 7.39. The maximum Gasteiger partial charge on any atom is 0.425 e. The van der Waals surface area contributed by atoms with E-state index in [9.17, 15) is 4.79 Å². The van der Waals surface area contributed by atoms with E-state index in [0.29, 0.717) is 16.7 Å². The molecular weight excluding hydrogens is 306 g/mol. The first kappa shape index (κ1) is 14.2. The smallest absolute Gasteiger partial charge is 0.425 e. The lowest BCUT2D eigenvalue weighted by atomic mass is 10.2. The number of ether oxygens (including phenoxy) is 1. The molecule has 0 fully saturated rings. The molecule has 5 nitrogen and oxygen atoms in total. The molecule has 0 bridgehead atoms. The highest BCUT2D eigenvalue weighted by molar-refractivity contribution is 9.08. The van der Waals surface area contributed by atoms with E-state index in [4.69, 9.17) is 4.74 Å². The third-order valence-corrected chi connectivity index (χ3v) is 2.60. The zero-order valence-corrected chi connectivity index (χ0v) is 12.3. The van der Waals surface area contributed by atoms with E-state index in [-0.39, 0.29) is 0 Å². The SMILES string of the molecule is CC(C)(C)OC(=O)N(S)c1cncnc1CBr. The van der Waals surface area contributed by atoms with Crippen LogP contribution in [-0.2, 0) is 10.1 Å². The number of aromatic nitrogens is 2. The van der Waals surface area contributed by atoms with Crippen molar-refractivity contribution in [2.75, 3.05) is 4.31 Å². The Morgan fingerprint density at radius 2 is 2.24 bits per heavy atom. The first-order chi connectivity index (χ1) is 7.85. The van der Waals surface area contributed by atoms with Gasteiger partial charge in [0.05, 0.1) is 17.6 Å². The van der Waals surface area contributed by atoms with Crippen molar-refractivity contribution in [1.29, 1.82) is 0 Å². The Labute approximate surface area is 114 Å². The molecule has 0 aromatic carbocycles. The molecule has 1 rings (SSSR count). The van der Waals surface area contributed by atoms with Crippen molar-refractivity contribution in [2.24, 2.45) is 0 Å². The summed E-state index contributed by atoms with van der Waals surface area (Å²) in [6.45, 7) is 5.37. The van der Waals surface area contributed by atoms with Gasteiger partial charge < -0.3 is 4.74 Å². The fourth-order valence-corrected chi connectivity index (χ4v) is 1.67. The molecule has 0 aliphatic heterocycles. The molecule has 0 saturated carbocycles. The Bertz CT molecular complexity index is 409. The normalized spacial score (nSPS) is 11.1. The maximum absolute atomic E-state index is 11.8. The lowest BCUT2D eigenvalue weighted by Crippen LogP contribution is -2.31. The van der Waals surface area contributed by atoms with Crippen molar-refractivity contribution in [1.82, 2.24) is 9.97 Å². The van der Waals surface area contributed by atoms with E-state index in [1.165, 1.54) is 12.5 Å². The van der Waals surface area contributed by atoms with E-state index in [0.717, 1.165) is 4.31 Å². The van der Waals surface area contributed by atoms with Crippen LogP contribution in [0.3, 0.4) is 0 Å². The third kappa shape index (κ3) is 4.16. The average molecular weight is 320 g/mol. The summed E-state index contributed by atoms with van der Waals surface area (Å²) < 4.78 is 6.29. The first-order valence-electron chi connectivity index (χ1n) is 4.92. The minimum absolute atomic E-state index is 0.502. The Morgan fingerprint density at radius 1 is 1.59 bits per heavy atom. The standard InChI is InChI=1S/C10H14BrN3O2S/c1-10(2,3)16-9(15)14(17)8-5-12-6-13-7(8)4-11/h5-6,17H,4H2,1-3H3. The fourth-order valence-electron chi connectivity index (χ4n) is 1.03. The van der Waals surface area contributed by atoms with E-state index >= 15 is 0 Å². The van der Waals surface area contributed by atoms with Crippen LogP contribution in [0.15, 0.2) is 12.5 Å². The molecule has 0 saturated heterocycles. The van der Waals surface area contributed by atoms with E-state index in [2.05, 4.69) is 38.7 Å². The first-order valence-corrected chi connectivity index (χ1v) is 6.44. The molecule has 17 heavy (non-hydrogen) atoms. The summed E-state index contributed by atoms with van der Waals surface area (Å²) in [6, 6.07) is 0. The van der Waals surface area contributed by atoms with Crippen LogP contribution in [0.2, 0.25) is 0 Å². The van der Waals surface area contributed by atoms with Crippen molar-refractivity contribution in [3.05, 3.63) is 18.2 Å². The van der Waals surface area contributed by atoms with Crippen LogP contribution < -0.4 is 4.31 Å². The zero-order chi connectivity index (χ0) is 13.1. The molecule has 0 spiro atoms. The predicted octanol–water partition coefficient (Wildman–Crippen LogP) is 2.96. The fraction of sp³-hybridized carbons (Fsp3) is 0.500. The lowest BCUT2D eigenvalue weighted by Gasteiger charge is -2.24. The van der Waals surface area contributed by atoms with Crippen molar-refractivity contribution in [3.63, 3.8) is 0 Å². The Hall–Kier alpha value is -0.820. The van der Waals surface area contributed by atoms with Gasteiger partial charge in [0.2, 0.25) is 0 Å². The van der Waals surface area contributed by atoms with Gasteiger partial charge in [0.25, 0.3) is 0 Å². The molecule has 0 radical (unpaired) electrons. The summed E-state index contributed by atoms with van der Waals surface area (Å²) in [4.78, 5) is 19.7. The van der Waals surface area contributed by atoms with Gasteiger partial charge in [0.1, 0.15) is 11.9 Å². The Kier molecular flexibility index (Phi) is 4.76. The van der Waals surface area contributed by atoms with Gasteiger partial charge >= 0.3 is 6.09 Å². The molecule has 1 aromatic rings. The summed E-state index contributed by atoms with van der Waals surface area (Å²) in [5.41, 5.74) is 0.602. The molecule has 0 atom stereocenters. The predicted molar refractivity (Wildman–Crippen MR) is 72.4 cm³/mol. The summed E-state index contributed by atoms with van der Waals surface area (Å²) in [5.74, 6) is 0. The molecule has 94 valence electrons. The molecule has 7 heteroatoms. The van der Waals surface area contributed by atoms with Crippen molar-refractivity contribution >= 4 is 40.5 Å². The highest BCUT2D eigenvalue weighted by Crippen LogP contribution is 2.23. The van der Waals surface area contributed by atoms with Crippen molar-refractivity contribution in [2.45, 2.75) is 31.7 Å². The van der Waals surface area contributed by atoms with Crippen molar-refractivity contribution < 1.29 is 9.53 Å². The maximum atomic E-state index is 11.8. The lowest BCUT2D eigenvalue weighted by molar-refractivity contribution is 0.0612. The number of hydrogen-bond acceptors (Lipinski definition) is 5. The second-order valence-electron chi connectivity index (χ2n) is 4.28. The van der Waals surface area contributed by atoms with Gasteiger partial charge in [-0.1, -0.05) is 28.7 Å². The van der Waals surface area contributed by atoms with Gasteiger partial charge in [-0.15, -0.1) is 0 Å². The molecule has 0 N–H and O–H groups in total. The third-order valence-electron chi connectivity index (χ3n) is 1.69. The zero-order valence-electron chi connectivity index (χ0n) is 9.85. The number of nitrogens with zero attached hydrogens (tertiary/aromatic N) is 3. The van der Waals surface area contributed by atoms with Crippen LogP contribution in [0.4, 0.5) is 10.5 Å². The average Bonchev–Trinajstić information content (AvgIpc) is 2.25. The van der Waals surface area contributed by atoms with E-state index < -0.39 is 11.7 Å². The van der Waals surface area contributed by atoms with Crippen LogP contribution in [0, 0.1) is 0 Å². The van der Waals surface area contributed by atoms with Gasteiger partial charge in [-0.2, -0.15) is 0 Å². The van der Waals surface area contributed by atoms with Gasteiger partial charge in [0.15, 0.2) is 0 Å². The topological polar surface area (TPSA) is 55.3 Å². The summed E-state index contributed by atoms with van der Waals surface area (Å²) in [7, 11) is 0. The quantitative estimate of drug-likeness (QED) is 0.672. The number of hydrogen-bond donors (Lipinski definition) is 1. The number of alkyl halides is 1. The van der Waals surface area contributed by atoms with Crippen molar-refractivity contribution in [3.8, 4) is 0 Å². The molecule has 0 aliphatic carbocycles. The van der Waals surface area contributed by atoms with Crippen LogP contribution >= 0.6 is 28.7 Å². The van der Waals surface area contributed by atoms with E-state index in [1.54, 1.807) is 20.8 Å². The van der Waals surface area contributed by atoms with Crippen LogP contribution in [-0.4, -0.2) is 21.7 Å². The van der Waals surface area contributed by atoms with Crippen LogP contribution in [0.1, 0.15) is 26.5 Å². The minimum Gasteiger partial charge on any atom is -0.443 e. The summed E-state index contributed by atoms with van der Waals surface area (Å²) in [6.07, 6.45) is 2.37. The highest BCUT2D eigenvalue weighted by Gasteiger charge is 2.23. The number of thiol groups is 1. The molecule has 0 aliphatic rings. The van der Waals surface area contributed by atoms with Gasteiger partial charge in [-0.3, -0.25) is 0 Å². The van der Waals surface area contributed by atoms with Gasteiger partial charge in [-0.05, 0) is 20.8 Å². The summed E-state index contributed by atoms with van der Waals surface area (Å²) in [5, 5.41) is 0.505. The second-order valence-corrected chi connectivity index (χ2v) is 5.24. The highest BCUT2D eigenvalue weighted by atomic mass is 79.9.